The minimum absolute atomic E-state index is 1.26. The Balaban J connectivity index is 2.24. The van der Waals surface area contributed by atoms with Crippen LogP contribution in [0.4, 0.5) is 0 Å². The monoisotopic (exact) mass is 463 g/mol. The Morgan fingerprint density at radius 3 is 0.950 bits per heavy atom. The van der Waals surface area contributed by atoms with E-state index in [0.29, 0.717) is 0 Å². The molecule has 0 aliphatic carbocycles. The van der Waals surface area contributed by atoms with E-state index in [1.165, 1.54) is 11.3 Å². The van der Waals surface area contributed by atoms with Gasteiger partial charge in [0.05, 0.1) is 0 Å². The molecule has 0 heterocycles. The third kappa shape index (κ3) is 2.48. The topological polar surface area (TPSA) is 0 Å². The van der Waals surface area contributed by atoms with Gasteiger partial charge in [0.15, 0.2) is 0 Å². The maximum absolute atomic E-state index is 7.29. The predicted octanol–water partition coefficient (Wildman–Crippen LogP) is 3.27. The molecule has 0 saturated heterocycles. The zero-order valence-electron chi connectivity index (χ0n) is 10.8. The van der Waals surface area contributed by atoms with Crippen molar-refractivity contribution in [1.82, 2.24) is 0 Å². The number of halogens is 1. The summed E-state index contributed by atoms with van der Waals surface area (Å²) in [7, 11) is 7.29. The summed E-state index contributed by atoms with van der Waals surface area (Å²) in [4.78, 5) is 0. The second kappa shape index (κ2) is 5.99. The van der Waals surface area contributed by atoms with Crippen molar-refractivity contribution in [2.24, 2.45) is 0 Å². The van der Waals surface area contributed by atoms with E-state index in [4.69, 9.17) is 9.19 Å². The SMILES string of the molecule is [Cl][Au]([c]1ccccc1)([c]1ccccc1)[c]1ccccc1. The van der Waals surface area contributed by atoms with Gasteiger partial charge in [-0.1, -0.05) is 0 Å². The minimum atomic E-state index is -2.84. The van der Waals surface area contributed by atoms with Crippen LogP contribution in [0.2, 0.25) is 0 Å². The summed E-state index contributed by atoms with van der Waals surface area (Å²) in [6.07, 6.45) is 0. The molecular weight excluding hydrogens is 449 g/mol. The van der Waals surface area contributed by atoms with Crippen molar-refractivity contribution in [1.29, 1.82) is 0 Å². The summed E-state index contributed by atoms with van der Waals surface area (Å²) in [5.74, 6) is 0. The summed E-state index contributed by atoms with van der Waals surface area (Å²) in [6.45, 7) is 0. The Labute approximate surface area is 127 Å². The molecule has 20 heavy (non-hydrogen) atoms. The van der Waals surface area contributed by atoms with Crippen LogP contribution in [0.15, 0.2) is 91.0 Å². The molecular formula is C18H15AuCl. The van der Waals surface area contributed by atoms with E-state index < -0.39 is 16.0 Å². The van der Waals surface area contributed by atoms with Crippen LogP contribution in [0.3, 0.4) is 0 Å². The molecule has 105 valence electrons. The van der Waals surface area contributed by atoms with Crippen LogP contribution in [0.25, 0.3) is 0 Å². The average molecular weight is 464 g/mol. The summed E-state index contributed by atoms with van der Waals surface area (Å²) in [5, 5.41) is 0. The standard InChI is InChI=1S/3C6H5.Au.ClH/c3*1-2-4-6-5-3-1;;/h3*1-5H;;1H/q;;;+1;/p-1. The number of benzene rings is 3. The summed E-state index contributed by atoms with van der Waals surface area (Å²) in [5.41, 5.74) is 0. The van der Waals surface area contributed by atoms with Gasteiger partial charge in [-0.25, -0.2) is 0 Å². The van der Waals surface area contributed by atoms with Crippen LogP contribution in [-0.2, 0) is 16.0 Å². The van der Waals surface area contributed by atoms with E-state index in [1.807, 2.05) is 18.2 Å². The Kier molecular flexibility index (Phi) is 4.09. The fourth-order valence-electron chi connectivity index (χ4n) is 1.92. The molecule has 3 aromatic carbocycles. The van der Waals surface area contributed by atoms with E-state index in [2.05, 4.69) is 72.8 Å². The second-order valence-corrected chi connectivity index (χ2v) is 13.6. The first-order valence-electron chi connectivity index (χ1n) is 6.30. The normalized spacial score (nSPS) is 12.1. The summed E-state index contributed by atoms with van der Waals surface area (Å²) < 4.78 is 3.77. The van der Waals surface area contributed by atoms with Gasteiger partial charge in [0.2, 0.25) is 0 Å². The van der Waals surface area contributed by atoms with Crippen molar-refractivity contribution in [3.05, 3.63) is 91.0 Å². The molecule has 0 aromatic heterocycles. The van der Waals surface area contributed by atoms with Crippen LogP contribution in [0.5, 0.6) is 0 Å². The fraction of sp³-hybridized carbons (Fsp3) is 0. The zero-order valence-corrected chi connectivity index (χ0v) is 13.8. The third-order valence-electron chi connectivity index (χ3n) is 2.84. The van der Waals surface area contributed by atoms with Gasteiger partial charge in [0.25, 0.3) is 0 Å². The zero-order chi connectivity index (χ0) is 13.8. The molecule has 0 spiro atoms. The van der Waals surface area contributed by atoms with Crippen molar-refractivity contribution in [3.63, 3.8) is 0 Å². The van der Waals surface area contributed by atoms with Crippen LogP contribution in [0, 0.1) is 0 Å². The van der Waals surface area contributed by atoms with Crippen molar-refractivity contribution in [3.8, 4) is 0 Å². The van der Waals surface area contributed by atoms with Crippen LogP contribution in [0.1, 0.15) is 0 Å². The first-order chi connectivity index (χ1) is 9.82. The van der Waals surface area contributed by atoms with Crippen LogP contribution < -0.4 is 11.3 Å². The Morgan fingerprint density at radius 1 is 0.450 bits per heavy atom. The Bertz CT molecular complexity index is 569. The van der Waals surface area contributed by atoms with Gasteiger partial charge < -0.3 is 0 Å². The van der Waals surface area contributed by atoms with Gasteiger partial charge in [-0.15, -0.1) is 0 Å². The van der Waals surface area contributed by atoms with Gasteiger partial charge in [0.1, 0.15) is 0 Å². The first-order valence-corrected chi connectivity index (χ1v) is 12.2. The Hall–Kier alpha value is -1.31. The van der Waals surface area contributed by atoms with E-state index in [1.54, 1.807) is 0 Å². The Morgan fingerprint density at radius 2 is 0.700 bits per heavy atom. The molecule has 0 atom stereocenters. The predicted molar refractivity (Wildman–Crippen MR) is 84.1 cm³/mol. The molecule has 0 saturated carbocycles. The van der Waals surface area contributed by atoms with Crippen LogP contribution in [-0.4, -0.2) is 0 Å². The molecule has 0 radical (unpaired) electrons. The maximum atomic E-state index is 7.29. The molecule has 0 bridgehead atoms. The molecule has 0 fully saturated rings. The molecule has 0 aliphatic rings. The molecule has 2 heteroatoms. The van der Waals surface area contributed by atoms with Crippen LogP contribution >= 0.6 is 9.19 Å². The fourth-order valence-corrected chi connectivity index (χ4v) is 10.2. The third-order valence-corrected chi connectivity index (χ3v) is 13.4. The molecule has 0 N–H and O–H groups in total. The van der Waals surface area contributed by atoms with Gasteiger partial charge in [-0.2, -0.15) is 0 Å². The van der Waals surface area contributed by atoms with Crippen molar-refractivity contribution in [2.45, 2.75) is 0 Å². The quantitative estimate of drug-likeness (QED) is 0.523. The molecule has 3 aromatic rings. The van der Waals surface area contributed by atoms with Gasteiger partial charge in [-0.3, -0.25) is 0 Å². The number of rotatable bonds is 3. The molecule has 0 nitrogen and oxygen atoms in total. The van der Waals surface area contributed by atoms with Gasteiger partial charge >= 0.3 is 128 Å². The van der Waals surface area contributed by atoms with E-state index in [9.17, 15) is 0 Å². The van der Waals surface area contributed by atoms with Gasteiger partial charge in [0, 0.05) is 0 Å². The van der Waals surface area contributed by atoms with E-state index in [-0.39, 0.29) is 0 Å². The summed E-state index contributed by atoms with van der Waals surface area (Å²) >= 11 is -2.84. The van der Waals surface area contributed by atoms with E-state index in [0.717, 1.165) is 0 Å². The molecule has 0 aliphatic heterocycles. The second-order valence-electron chi connectivity index (χ2n) is 4.15. The van der Waals surface area contributed by atoms with Crippen molar-refractivity contribution < 1.29 is 16.0 Å². The average Bonchev–Trinajstić information content (AvgIpc) is 2.56. The summed E-state index contributed by atoms with van der Waals surface area (Å²) in [6, 6.07) is 31.5. The van der Waals surface area contributed by atoms with Crippen molar-refractivity contribution in [2.75, 3.05) is 0 Å². The van der Waals surface area contributed by atoms with Gasteiger partial charge in [-0.05, 0) is 0 Å². The number of hydrogen-bond donors (Lipinski definition) is 0. The molecule has 0 amide bonds. The van der Waals surface area contributed by atoms with Crippen molar-refractivity contribution >= 4 is 20.5 Å². The number of hydrogen-bond acceptors (Lipinski definition) is 0. The van der Waals surface area contributed by atoms with E-state index >= 15 is 0 Å². The molecule has 0 unspecified atom stereocenters. The first kappa shape index (κ1) is 13.7. The molecule has 3 rings (SSSR count).